The Labute approximate surface area is 117 Å². The molecule has 6 heteroatoms. The molecule has 1 atom stereocenters. The molecule has 1 N–H and O–H groups in total. The van der Waals surface area contributed by atoms with Gasteiger partial charge in [0.15, 0.2) is 5.92 Å². The highest BCUT2D eigenvalue weighted by molar-refractivity contribution is 6.24. The summed E-state index contributed by atoms with van der Waals surface area (Å²) >= 11 is 0. The number of anilines is 1. The standard InChI is InChI=1S/C14H18N4O2/c1-9(2)8-18-14(20)12(10(3)17-18)13(19)16-11-5-4-6-15-7-11/h4-7,9,12H,8H2,1-3H3,(H,16,19)/t12-/m0/s1. The lowest BCUT2D eigenvalue weighted by atomic mass is 10.0. The van der Waals surface area contributed by atoms with Gasteiger partial charge in [0, 0.05) is 12.7 Å². The molecule has 20 heavy (non-hydrogen) atoms. The lowest BCUT2D eigenvalue weighted by Crippen LogP contribution is -2.37. The number of hydrazone groups is 1. The van der Waals surface area contributed by atoms with Gasteiger partial charge in [-0.15, -0.1) is 0 Å². The van der Waals surface area contributed by atoms with Crippen LogP contribution in [-0.4, -0.2) is 34.1 Å². The van der Waals surface area contributed by atoms with E-state index in [1.54, 1.807) is 25.3 Å². The summed E-state index contributed by atoms with van der Waals surface area (Å²) in [6.45, 7) is 6.22. The summed E-state index contributed by atoms with van der Waals surface area (Å²) in [6, 6.07) is 3.45. The van der Waals surface area contributed by atoms with Crippen LogP contribution in [0.2, 0.25) is 0 Å². The van der Waals surface area contributed by atoms with Crippen LogP contribution in [0.25, 0.3) is 0 Å². The Hall–Kier alpha value is -2.24. The first-order valence-corrected chi connectivity index (χ1v) is 6.56. The fourth-order valence-electron chi connectivity index (χ4n) is 2.05. The van der Waals surface area contributed by atoms with E-state index in [9.17, 15) is 9.59 Å². The zero-order chi connectivity index (χ0) is 14.7. The molecular weight excluding hydrogens is 256 g/mol. The van der Waals surface area contributed by atoms with Crippen molar-refractivity contribution in [1.82, 2.24) is 9.99 Å². The van der Waals surface area contributed by atoms with E-state index in [2.05, 4.69) is 15.4 Å². The van der Waals surface area contributed by atoms with E-state index in [0.717, 1.165) is 0 Å². The van der Waals surface area contributed by atoms with Crippen molar-refractivity contribution in [2.45, 2.75) is 20.8 Å². The smallest absolute Gasteiger partial charge is 0.261 e. The minimum absolute atomic E-state index is 0.266. The second kappa shape index (κ2) is 5.81. The Morgan fingerprint density at radius 1 is 1.50 bits per heavy atom. The molecule has 2 heterocycles. The molecular formula is C14H18N4O2. The molecule has 0 aliphatic carbocycles. The van der Waals surface area contributed by atoms with Gasteiger partial charge < -0.3 is 5.32 Å². The van der Waals surface area contributed by atoms with E-state index in [1.165, 1.54) is 11.2 Å². The van der Waals surface area contributed by atoms with Gasteiger partial charge in [-0.2, -0.15) is 5.10 Å². The number of hydrogen-bond donors (Lipinski definition) is 1. The van der Waals surface area contributed by atoms with Crippen molar-refractivity contribution in [2.24, 2.45) is 16.9 Å². The molecule has 0 spiro atoms. The Kier molecular flexibility index (Phi) is 4.12. The second-order valence-corrected chi connectivity index (χ2v) is 5.22. The highest BCUT2D eigenvalue weighted by Crippen LogP contribution is 2.19. The van der Waals surface area contributed by atoms with Gasteiger partial charge in [0.2, 0.25) is 5.91 Å². The van der Waals surface area contributed by atoms with Crippen LogP contribution >= 0.6 is 0 Å². The minimum Gasteiger partial charge on any atom is -0.324 e. The predicted octanol–water partition coefficient (Wildman–Crippen LogP) is 1.51. The average Bonchev–Trinajstić information content (AvgIpc) is 2.64. The van der Waals surface area contributed by atoms with Crippen LogP contribution < -0.4 is 5.32 Å². The Morgan fingerprint density at radius 3 is 2.85 bits per heavy atom. The number of nitrogens with one attached hydrogen (secondary N) is 1. The van der Waals surface area contributed by atoms with Gasteiger partial charge in [-0.25, -0.2) is 5.01 Å². The van der Waals surface area contributed by atoms with E-state index in [1.807, 2.05) is 13.8 Å². The minimum atomic E-state index is -0.839. The number of rotatable bonds is 4. The molecule has 0 unspecified atom stereocenters. The average molecular weight is 274 g/mol. The van der Waals surface area contributed by atoms with E-state index >= 15 is 0 Å². The zero-order valence-corrected chi connectivity index (χ0v) is 11.8. The molecule has 2 rings (SSSR count). The van der Waals surface area contributed by atoms with E-state index in [-0.39, 0.29) is 11.8 Å². The van der Waals surface area contributed by atoms with Crippen molar-refractivity contribution < 1.29 is 9.59 Å². The molecule has 0 radical (unpaired) electrons. The van der Waals surface area contributed by atoms with Gasteiger partial charge in [0.05, 0.1) is 17.6 Å². The molecule has 2 amide bonds. The van der Waals surface area contributed by atoms with Crippen molar-refractivity contribution in [3.8, 4) is 0 Å². The fraction of sp³-hybridized carbons (Fsp3) is 0.429. The van der Waals surface area contributed by atoms with Crippen LogP contribution in [0.15, 0.2) is 29.6 Å². The molecule has 0 fully saturated rings. The largest absolute Gasteiger partial charge is 0.324 e. The molecule has 0 saturated carbocycles. The molecule has 0 saturated heterocycles. The maximum absolute atomic E-state index is 12.2. The molecule has 1 aliphatic heterocycles. The topological polar surface area (TPSA) is 74.7 Å². The van der Waals surface area contributed by atoms with Crippen LogP contribution in [0.5, 0.6) is 0 Å². The van der Waals surface area contributed by atoms with Crippen molar-refractivity contribution in [3.63, 3.8) is 0 Å². The van der Waals surface area contributed by atoms with Crippen LogP contribution in [0, 0.1) is 11.8 Å². The first-order valence-electron chi connectivity index (χ1n) is 6.56. The predicted molar refractivity (Wildman–Crippen MR) is 76.0 cm³/mol. The van der Waals surface area contributed by atoms with Crippen LogP contribution in [0.1, 0.15) is 20.8 Å². The SMILES string of the molecule is CC1=NN(CC(C)C)C(=O)[C@@H]1C(=O)Nc1cccnc1. The maximum Gasteiger partial charge on any atom is 0.261 e. The molecule has 1 aromatic rings. The molecule has 6 nitrogen and oxygen atoms in total. The maximum atomic E-state index is 12.2. The second-order valence-electron chi connectivity index (χ2n) is 5.22. The van der Waals surface area contributed by atoms with Crippen molar-refractivity contribution >= 4 is 23.2 Å². The fourth-order valence-corrected chi connectivity index (χ4v) is 2.05. The zero-order valence-electron chi connectivity index (χ0n) is 11.8. The van der Waals surface area contributed by atoms with E-state index in [0.29, 0.717) is 23.9 Å². The van der Waals surface area contributed by atoms with Gasteiger partial charge in [-0.1, -0.05) is 13.8 Å². The first kappa shape index (κ1) is 14.2. The van der Waals surface area contributed by atoms with Crippen molar-refractivity contribution in [1.29, 1.82) is 0 Å². The number of aromatic nitrogens is 1. The summed E-state index contributed by atoms with van der Waals surface area (Å²) in [4.78, 5) is 28.3. The van der Waals surface area contributed by atoms with Gasteiger partial charge in [0.25, 0.3) is 5.91 Å². The lowest BCUT2D eigenvalue weighted by molar-refractivity contribution is -0.136. The normalized spacial score (nSPS) is 18.4. The number of pyridine rings is 1. The molecule has 106 valence electrons. The van der Waals surface area contributed by atoms with Gasteiger partial charge in [-0.3, -0.25) is 14.6 Å². The van der Waals surface area contributed by atoms with E-state index < -0.39 is 5.92 Å². The number of carbonyl (C=O) groups excluding carboxylic acids is 2. The molecule has 0 bridgehead atoms. The number of amides is 2. The van der Waals surface area contributed by atoms with Gasteiger partial charge in [0.1, 0.15) is 0 Å². The highest BCUT2D eigenvalue weighted by Gasteiger charge is 2.39. The quantitative estimate of drug-likeness (QED) is 0.846. The summed E-state index contributed by atoms with van der Waals surface area (Å²) in [6.07, 6.45) is 3.16. The highest BCUT2D eigenvalue weighted by atomic mass is 16.2. The molecule has 1 aromatic heterocycles. The van der Waals surface area contributed by atoms with Gasteiger partial charge >= 0.3 is 0 Å². The summed E-state index contributed by atoms with van der Waals surface area (Å²) in [7, 11) is 0. The summed E-state index contributed by atoms with van der Waals surface area (Å²) < 4.78 is 0. The summed E-state index contributed by atoms with van der Waals surface area (Å²) in [5, 5.41) is 8.25. The third-order valence-electron chi connectivity index (χ3n) is 2.93. The molecule has 1 aliphatic rings. The Balaban J connectivity index is 2.08. The molecule has 0 aromatic carbocycles. The third-order valence-corrected chi connectivity index (χ3v) is 2.93. The first-order chi connectivity index (χ1) is 9.49. The van der Waals surface area contributed by atoms with E-state index in [4.69, 9.17) is 0 Å². The van der Waals surface area contributed by atoms with Crippen LogP contribution in [0.4, 0.5) is 5.69 Å². The summed E-state index contributed by atoms with van der Waals surface area (Å²) in [5.41, 5.74) is 1.09. The van der Waals surface area contributed by atoms with Crippen molar-refractivity contribution in [3.05, 3.63) is 24.5 Å². The third kappa shape index (κ3) is 3.01. The monoisotopic (exact) mass is 274 g/mol. The van der Waals surface area contributed by atoms with Crippen molar-refractivity contribution in [2.75, 3.05) is 11.9 Å². The lowest BCUT2D eigenvalue weighted by Gasteiger charge is -2.16. The Morgan fingerprint density at radius 2 is 2.25 bits per heavy atom. The van der Waals surface area contributed by atoms with Gasteiger partial charge in [-0.05, 0) is 25.0 Å². The number of carbonyl (C=O) groups is 2. The van der Waals surface area contributed by atoms with Crippen LogP contribution in [0.3, 0.4) is 0 Å². The summed E-state index contributed by atoms with van der Waals surface area (Å²) in [5.74, 6) is -1.17. The number of hydrogen-bond acceptors (Lipinski definition) is 4. The van der Waals surface area contributed by atoms with Crippen LogP contribution in [-0.2, 0) is 9.59 Å². The Bertz CT molecular complexity index is 539. The number of nitrogens with zero attached hydrogens (tertiary/aromatic N) is 3.